The number of amides is 2. The number of nitrogens with zero attached hydrogens (tertiary/aromatic N) is 3. The van der Waals surface area contributed by atoms with Gasteiger partial charge in [-0.3, -0.25) is 14.5 Å². The normalized spacial score (nSPS) is 19.5. The van der Waals surface area contributed by atoms with Crippen molar-refractivity contribution in [1.82, 2.24) is 14.7 Å². The second kappa shape index (κ2) is 10.3. The fraction of sp³-hybridized carbons (Fsp3) is 0.636. The average molecular weight is 406 g/mol. The molecule has 3 rings (SSSR count). The standard InChI is InChI=1S/C22H32ClN3O2/c1-18(22(28)26-12-3-2-4-13-26)24-14-16-25(17-15-24)21(27)7-5-6-19-8-10-20(23)11-9-19/h8-11,18H,2-7,12-17H2,1H3. The zero-order valence-corrected chi connectivity index (χ0v) is 17.7. The van der Waals surface area contributed by atoms with E-state index in [1.54, 1.807) is 0 Å². The maximum Gasteiger partial charge on any atom is 0.239 e. The van der Waals surface area contributed by atoms with Crippen LogP contribution < -0.4 is 0 Å². The van der Waals surface area contributed by atoms with Gasteiger partial charge in [-0.2, -0.15) is 0 Å². The van der Waals surface area contributed by atoms with Gasteiger partial charge >= 0.3 is 0 Å². The summed E-state index contributed by atoms with van der Waals surface area (Å²) in [6, 6.07) is 7.74. The predicted octanol–water partition coefficient (Wildman–Crippen LogP) is 3.21. The van der Waals surface area contributed by atoms with E-state index >= 15 is 0 Å². The molecule has 1 atom stereocenters. The summed E-state index contributed by atoms with van der Waals surface area (Å²) in [6.07, 6.45) is 5.80. The van der Waals surface area contributed by atoms with E-state index in [0.717, 1.165) is 70.0 Å². The van der Waals surface area contributed by atoms with Crippen LogP contribution in [-0.2, 0) is 16.0 Å². The zero-order valence-electron chi connectivity index (χ0n) is 16.9. The van der Waals surface area contributed by atoms with Gasteiger partial charge in [0.1, 0.15) is 0 Å². The molecule has 0 aromatic heterocycles. The summed E-state index contributed by atoms with van der Waals surface area (Å²) in [5.74, 6) is 0.478. The lowest BCUT2D eigenvalue weighted by atomic mass is 10.1. The predicted molar refractivity (Wildman–Crippen MR) is 112 cm³/mol. The Kier molecular flexibility index (Phi) is 7.74. The van der Waals surface area contributed by atoms with Crippen molar-refractivity contribution >= 4 is 23.4 Å². The van der Waals surface area contributed by atoms with Gasteiger partial charge in [-0.1, -0.05) is 23.7 Å². The number of carbonyl (C=O) groups is 2. The van der Waals surface area contributed by atoms with Crippen LogP contribution in [0.2, 0.25) is 5.02 Å². The van der Waals surface area contributed by atoms with E-state index in [1.807, 2.05) is 41.0 Å². The Bertz CT molecular complexity index is 650. The molecule has 5 nitrogen and oxygen atoms in total. The van der Waals surface area contributed by atoms with Crippen LogP contribution in [0.15, 0.2) is 24.3 Å². The molecule has 0 bridgehead atoms. The number of piperidine rings is 1. The van der Waals surface area contributed by atoms with Crippen molar-refractivity contribution in [3.8, 4) is 0 Å². The smallest absolute Gasteiger partial charge is 0.239 e. The topological polar surface area (TPSA) is 43.9 Å². The number of halogens is 1. The summed E-state index contributed by atoms with van der Waals surface area (Å²) in [6.45, 7) is 6.81. The van der Waals surface area contributed by atoms with Crippen molar-refractivity contribution in [2.75, 3.05) is 39.3 Å². The Balaban J connectivity index is 1.38. The maximum atomic E-state index is 12.7. The molecule has 2 fully saturated rings. The second-order valence-corrected chi connectivity index (χ2v) is 8.40. The lowest BCUT2D eigenvalue weighted by Gasteiger charge is -2.39. The van der Waals surface area contributed by atoms with E-state index in [-0.39, 0.29) is 17.9 Å². The summed E-state index contributed by atoms with van der Waals surface area (Å²) in [5.41, 5.74) is 1.21. The molecule has 1 aromatic carbocycles. The van der Waals surface area contributed by atoms with Gasteiger partial charge in [0.2, 0.25) is 11.8 Å². The molecule has 2 amide bonds. The lowest BCUT2D eigenvalue weighted by Crippen LogP contribution is -2.56. The SMILES string of the molecule is CC(C(=O)N1CCCCC1)N1CCN(C(=O)CCCc2ccc(Cl)cc2)CC1. The van der Waals surface area contributed by atoms with Gasteiger partial charge in [0.15, 0.2) is 0 Å². The number of hydrogen-bond acceptors (Lipinski definition) is 3. The Morgan fingerprint density at radius 1 is 0.929 bits per heavy atom. The van der Waals surface area contributed by atoms with Crippen LogP contribution >= 0.6 is 11.6 Å². The van der Waals surface area contributed by atoms with Gasteiger partial charge in [-0.15, -0.1) is 0 Å². The van der Waals surface area contributed by atoms with E-state index in [2.05, 4.69) is 4.90 Å². The third kappa shape index (κ3) is 5.71. The van der Waals surface area contributed by atoms with Crippen molar-refractivity contribution in [3.63, 3.8) is 0 Å². The van der Waals surface area contributed by atoms with E-state index in [1.165, 1.54) is 12.0 Å². The minimum atomic E-state index is -0.0831. The zero-order chi connectivity index (χ0) is 19.9. The quantitative estimate of drug-likeness (QED) is 0.729. The number of benzene rings is 1. The number of likely N-dealkylation sites (tertiary alicyclic amines) is 1. The van der Waals surface area contributed by atoms with Crippen molar-refractivity contribution in [1.29, 1.82) is 0 Å². The highest BCUT2D eigenvalue weighted by molar-refractivity contribution is 6.30. The highest BCUT2D eigenvalue weighted by atomic mass is 35.5. The molecule has 28 heavy (non-hydrogen) atoms. The summed E-state index contributed by atoms with van der Waals surface area (Å²) in [5, 5.41) is 0.741. The van der Waals surface area contributed by atoms with Crippen molar-refractivity contribution < 1.29 is 9.59 Å². The van der Waals surface area contributed by atoms with Gasteiger partial charge in [0.05, 0.1) is 6.04 Å². The van der Waals surface area contributed by atoms with Crippen LogP contribution in [0.1, 0.15) is 44.6 Å². The molecule has 0 radical (unpaired) electrons. The van der Waals surface area contributed by atoms with Crippen LogP contribution in [0.3, 0.4) is 0 Å². The van der Waals surface area contributed by atoms with Gasteiger partial charge in [-0.05, 0) is 56.7 Å². The molecule has 0 saturated carbocycles. The molecular weight excluding hydrogens is 374 g/mol. The van der Waals surface area contributed by atoms with E-state index in [9.17, 15) is 9.59 Å². The van der Waals surface area contributed by atoms with E-state index in [4.69, 9.17) is 11.6 Å². The molecular formula is C22H32ClN3O2. The van der Waals surface area contributed by atoms with Crippen LogP contribution in [0.25, 0.3) is 0 Å². The number of aryl methyl sites for hydroxylation is 1. The number of piperazine rings is 1. The Morgan fingerprint density at radius 3 is 2.21 bits per heavy atom. The molecule has 0 spiro atoms. The van der Waals surface area contributed by atoms with Crippen LogP contribution in [-0.4, -0.2) is 71.8 Å². The van der Waals surface area contributed by atoms with Crippen LogP contribution in [0.4, 0.5) is 0 Å². The van der Waals surface area contributed by atoms with Crippen molar-refractivity contribution in [3.05, 3.63) is 34.9 Å². The van der Waals surface area contributed by atoms with Crippen LogP contribution in [0, 0.1) is 0 Å². The van der Waals surface area contributed by atoms with Gasteiger partial charge < -0.3 is 9.80 Å². The van der Waals surface area contributed by atoms with Crippen molar-refractivity contribution in [2.24, 2.45) is 0 Å². The highest BCUT2D eigenvalue weighted by Crippen LogP contribution is 2.16. The average Bonchev–Trinajstić information content (AvgIpc) is 2.74. The summed E-state index contributed by atoms with van der Waals surface area (Å²) >= 11 is 5.91. The third-order valence-corrected chi connectivity index (χ3v) is 6.26. The van der Waals surface area contributed by atoms with Crippen LogP contribution in [0.5, 0.6) is 0 Å². The Labute approximate surface area is 173 Å². The molecule has 2 heterocycles. The minimum Gasteiger partial charge on any atom is -0.341 e. The second-order valence-electron chi connectivity index (χ2n) is 7.96. The molecule has 0 aliphatic carbocycles. The number of carbonyl (C=O) groups excluding carboxylic acids is 2. The van der Waals surface area contributed by atoms with Gasteiger partial charge in [-0.25, -0.2) is 0 Å². The fourth-order valence-corrected chi connectivity index (χ4v) is 4.27. The van der Waals surface area contributed by atoms with Gasteiger partial charge in [0.25, 0.3) is 0 Å². The van der Waals surface area contributed by atoms with E-state index in [0.29, 0.717) is 6.42 Å². The van der Waals surface area contributed by atoms with Crippen molar-refractivity contribution in [2.45, 2.75) is 51.5 Å². The first kappa shape index (κ1) is 21.1. The first-order chi connectivity index (χ1) is 13.5. The van der Waals surface area contributed by atoms with E-state index < -0.39 is 0 Å². The Hall–Kier alpha value is -1.59. The summed E-state index contributed by atoms with van der Waals surface area (Å²) in [7, 11) is 0. The largest absolute Gasteiger partial charge is 0.341 e. The van der Waals surface area contributed by atoms with Gasteiger partial charge in [0, 0.05) is 50.7 Å². The fourth-order valence-electron chi connectivity index (χ4n) is 4.15. The molecule has 6 heteroatoms. The first-order valence-electron chi connectivity index (χ1n) is 10.6. The molecule has 2 aliphatic heterocycles. The molecule has 154 valence electrons. The first-order valence-corrected chi connectivity index (χ1v) is 11.0. The molecule has 0 N–H and O–H groups in total. The molecule has 2 aliphatic rings. The summed E-state index contributed by atoms with van der Waals surface area (Å²) < 4.78 is 0. The third-order valence-electron chi connectivity index (χ3n) is 6.01. The molecule has 1 unspecified atom stereocenters. The number of hydrogen-bond donors (Lipinski definition) is 0. The lowest BCUT2D eigenvalue weighted by molar-refractivity contribution is -0.139. The monoisotopic (exact) mass is 405 g/mol. The number of rotatable bonds is 6. The molecule has 1 aromatic rings. The Morgan fingerprint density at radius 2 is 1.57 bits per heavy atom. The highest BCUT2D eigenvalue weighted by Gasteiger charge is 2.30. The minimum absolute atomic E-state index is 0.0831. The molecule has 2 saturated heterocycles. The maximum absolute atomic E-state index is 12.7. The summed E-state index contributed by atoms with van der Waals surface area (Å²) in [4.78, 5) is 31.4.